The molecular weight excluding hydrogens is 332 g/mol. The van der Waals surface area contributed by atoms with Crippen LogP contribution in [-0.2, 0) is 9.53 Å². The SMILES string of the molecule is Cc1ccc(C(=O)[C@@H](C)OC(=O)c2ccc(NC(=O)CC#N)cc2)cc1. The number of amides is 1. The minimum Gasteiger partial charge on any atom is -0.451 e. The quantitative estimate of drug-likeness (QED) is 0.637. The van der Waals surface area contributed by atoms with Crippen molar-refractivity contribution in [1.29, 1.82) is 5.26 Å². The van der Waals surface area contributed by atoms with Crippen LogP contribution in [0.2, 0.25) is 0 Å². The van der Waals surface area contributed by atoms with Gasteiger partial charge in [-0.25, -0.2) is 4.79 Å². The summed E-state index contributed by atoms with van der Waals surface area (Å²) >= 11 is 0. The Morgan fingerprint density at radius 3 is 2.19 bits per heavy atom. The molecule has 0 saturated carbocycles. The minimum absolute atomic E-state index is 0.248. The molecule has 2 aromatic carbocycles. The van der Waals surface area contributed by atoms with Crippen LogP contribution in [-0.4, -0.2) is 23.8 Å². The standard InChI is InChI=1S/C20H18N2O4/c1-13-3-5-15(6-4-13)19(24)14(2)26-20(25)16-7-9-17(10-8-16)22-18(23)11-12-21/h3-10,14H,11H2,1-2H3,(H,22,23)/t14-/m1/s1. The maximum absolute atomic E-state index is 12.3. The van der Waals surface area contributed by atoms with E-state index in [4.69, 9.17) is 10.00 Å². The number of Topliss-reactive ketones (excluding diaryl/α,β-unsaturated/α-hetero) is 1. The molecule has 1 N–H and O–H groups in total. The maximum atomic E-state index is 12.3. The predicted octanol–water partition coefficient (Wildman–Crippen LogP) is 3.28. The van der Waals surface area contributed by atoms with Gasteiger partial charge in [0.15, 0.2) is 6.10 Å². The normalized spacial score (nSPS) is 11.1. The molecule has 132 valence electrons. The molecule has 2 aromatic rings. The highest BCUT2D eigenvalue weighted by Crippen LogP contribution is 2.14. The van der Waals surface area contributed by atoms with Crippen LogP contribution in [0.4, 0.5) is 5.69 Å². The van der Waals surface area contributed by atoms with Gasteiger partial charge in [-0.3, -0.25) is 9.59 Å². The first-order valence-electron chi connectivity index (χ1n) is 7.99. The summed E-state index contributed by atoms with van der Waals surface area (Å²) in [6, 6.07) is 14.8. The number of hydrogen-bond acceptors (Lipinski definition) is 5. The number of esters is 1. The molecular formula is C20H18N2O4. The number of nitrogens with one attached hydrogen (secondary N) is 1. The summed E-state index contributed by atoms with van der Waals surface area (Å²) in [6.07, 6.45) is -1.16. The third-order valence-electron chi connectivity index (χ3n) is 3.63. The summed E-state index contributed by atoms with van der Waals surface area (Å²) < 4.78 is 5.22. The number of benzene rings is 2. The molecule has 0 aliphatic rings. The predicted molar refractivity (Wildman–Crippen MR) is 95.7 cm³/mol. The Hall–Kier alpha value is -3.46. The lowest BCUT2D eigenvalue weighted by molar-refractivity contribution is -0.115. The van der Waals surface area contributed by atoms with Crippen molar-refractivity contribution >= 4 is 23.3 Å². The van der Waals surface area contributed by atoms with Crippen LogP contribution in [0.15, 0.2) is 48.5 Å². The highest BCUT2D eigenvalue weighted by molar-refractivity contribution is 6.01. The van der Waals surface area contributed by atoms with E-state index in [0.717, 1.165) is 5.56 Å². The van der Waals surface area contributed by atoms with Crippen molar-refractivity contribution in [2.24, 2.45) is 0 Å². The summed E-state index contributed by atoms with van der Waals surface area (Å²) in [7, 11) is 0. The van der Waals surface area contributed by atoms with Gasteiger partial charge in [0, 0.05) is 11.3 Å². The van der Waals surface area contributed by atoms with Crippen molar-refractivity contribution in [2.45, 2.75) is 26.4 Å². The molecule has 0 aromatic heterocycles. The molecule has 1 amide bonds. The Balaban J connectivity index is 1.98. The van der Waals surface area contributed by atoms with Crippen molar-refractivity contribution in [2.75, 3.05) is 5.32 Å². The number of hydrogen-bond donors (Lipinski definition) is 1. The monoisotopic (exact) mass is 350 g/mol. The first-order chi connectivity index (χ1) is 12.4. The van der Waals surface area contributed by atoms with Gasteiger partial charge in [0.1, 0.15) is 6.42 Å². The molecule has 2 rings (SSSR count). The Kier molecular flexibility index (Phi) is 6.23. The molecule has 0 bridgehead atoms. The van der Waals surface area contributed by atoms with Crippen LogP contribution >= 0.6 is 0 Å². The van der Waals surface area contributed by atoms with Crippen LogP contribution < -0.4 is 5.32 Å². The number of carbonyl (C=O) groups is 3. The molecule has 6 heteroatoms. The summed E-state index contributed by atoms with van der Waals surface area (Å²) in [5, 5.41) is 11.0. The van der Waals surface area contributed by atoms with E-state index in [-0.39, 0.29) is 17.8 Å². The molecule has 0 heterocycles. The molecule has 0 spiro atoms. The lowest BCUT2D eigenvalue weighted by atomic mass is 10.1. The second-order valence-corrected chi connectivity index (χ2v) is 5.74. The lowest BCUT2D eigenvalue weighted by Gasteiger charge is -2.13. The van der Waals surface area contributed by atoms with Crippen LogP contribution in [0.1, 0.15) is 39.6 Å². The van der Waals surface area contributed by atoms with Gasteiger partial charge in [-0.1, -0.05) is 29.8 Å². The van der Waals surface area contributed by atoms with Crippen LogP contribution in [0, 0.1) is 18.3 Å². The number of nitrogens with zero attached hydrogens (tertiary/aromatic N) is 1. The third-order valence-corrected chi connectivity index (χ3v) is 3.63. The van der Waals surface area contributed by atoms with Crippen molar-refractivity contribution in [1.82, 2.24) is 0 Å². The lowest BCUT2D eigenvalue weighted by Crippen LogP contribution is -2.24. The Morgan fingerprint density at radius 1 is 1.04 bits per heavy atom. The van der Waals surface area contributed by atoms with Crippen molar-refractivity contribution in [3.05, 3.63) is 65.2 Å². The van der Waals surface area contributed by atoms with Gasteiger partial charge < -0.3 is 10.1 Å². The van der Waals surface area contributed by atoms with Crippen LogP contribution in [0.3, 0.4) is 0 Å². The number of ketones is 1. The molecule has 0 unspecified atom stereocenters. The van der Waals surface area contributed by atoms with E-state index in [1.165, 1.54) is 31.2 Å². The van der Waals surface area contributed by atoms with E-state index in [9.17, 15) is 14.4 Å². The zero-order valence-corrected chi connectivity index (χ0v) is 14.5. The number of ether oxygens (including phenoxy) is 1. The summed E-state index contributed by atoms with van der Waals surface area (Å²) in [5.41, 5.74) is 2.23. The Labute approximate surface area is 151 Å². The van der Waals surface area contributed by atoms with Gasteiger partial charge in [0.05, 0.1) is 11.6 Å². The van der Waals surface area contributed by atoms with Crippen molar-refractivity contribution in [3.8, 4) is 6.07 Å². The summed E-state index contributed by atoms with van der Waals surface area (Å²) in [5.74, 6) is -1.34. The van der Waals surface area contributed by atoms with Crippen molar-refractivity contribution in [3.63, 3.8) is 0 Å². The molecule has 0 aliphatic carbocycles. The average molecular weight is 350 g/mol. The average Bonchev–Trinajstić information content (AvgIpc) is 2.62. The largest absolute Gasteiger partial charge is 0.451 e. The number of anilines is 1. The van der Waals surface area contributed by atoms with Crippen LogP contribution in [0.25, 0.3) is 0 Å². The summed E-state index contributed by atoms with van der Waals surface area (Å²) in [6.45, 7) is 3.45. The Morgan fingerprint density at radius 2 is 1.62 bits per heavy atom. The highest BCUT2D eigenvalue weighted by Gasteiger charge is 2.20. The zero-order chi connectivity index (χ0) is 19.1. The van der Waals surface area contributed by atoms with E-state index >= 15 is 0 Å². The van der Waals surface area contributed by atoms with Gasteiger partial charge in [-0.15, -0.1) is 0 Å². The molecule has 0 aliphatic heterocycles. The maximum Gasteiger partial charge on any atom is 0.338 e. The third kappa shape index (κ3) is 5.02. The van der Waals surface area contributed by atoms with Gasteiger partial charge in [-0.05, 0) is 38.1 Å². The smallest absolute Gasteiger partial charge is 0.338 e. The zero-order valence-electron chi connectivity index (χ0n) is 14.5. The number of carbonyl (C=O) groups excluding carboxylic acids is 3. The fourth-order valence-corrected chi connectivity index (χ4v) is 2.20. The summed E-state index contributed by atoms with van der Waals surface area (Å²) in [4.78, 5) is 35.8. The Bertz CT molecular complexity index is 849. The second-order valence-electron chi connectivity index (χ2n) is 5.74. The minimum atomic E-state index is -0.916. The van der Waals surface area contributed by atoms with Gasteiger partial charge >= 0.3 is 5.97 Å². The van der Waals surface area contributed by atoms with Crippen LogP contribution in [0.5, 0.6) is 0 Å². The number of nitriles is 1. The first-order valence-corrected chi connectivity index (χ1v) is 7.99. The van der Waals surface area contributed by atoms with Gasteiger partial charge in [0.2, 0.25) is 11.7 Å². The van der Waals surface area contributed by atoms with E-state index in [2.05, 4.69) is 5.32 Å². The van der Waals surface area contributed by atoms with E-state index < -0.39 is 18.0 Å². The molecule has 0 radical (unpaired) electrons. The van der Waals surface area contributed by atoms with Gasteiger partial charge in [-0.2, -0.15) is 5.26 Å². The number of rotatable bonds is 6. The van der Waals surface area contributed by atoms with E-state index in [0.29, 0.717) is 11.3 Å². The first kappa shape index (κ1) is 18.9. The van der Waals surface area contributed by atoms with E-state index in [1.54, 1.807) is 18.2 Å². The molecule has 6 nitrogen and oxygen atoms in total. The topological polar surface area (TPSA) is 96.3 Å². The van der Waals surface area contributed by atoms with E-state index in [1.807, 2.05) is 19.1 Å². The second kappa shape index (κ2) is 8.58. The molecule has 1 atom stereocenters. The molecule has 0 saturated heterocycles. The fourth-order valence-electron chi connectivity index (χ4n) is 2.20. The highest BCUT2D eigenvalue weighted by atomic mass is 16.5. The fraction of sp³-hybridized carbons (Fsp3) is 0.200. The molecule has 26 heavy (non-hydrogen) atoms. The molecule has 0 fully saturated rings. The van der Waals surface area contributed by atoms with Gasteiger partial charge in [0.25, 0.3) is 0 Å². The van der Waals surface area contributed by atoms with Crippen molar-refractivity contribution < 1.29 is 19.1 Å². The number of aryl methyl sites for hydroxylation is 1.